The standard InChI is InChI=1S/C9H14N2O/c1-4-5-8-6-9(7(2)12)11(3)10-8/h6H,4-5H2,1-3H3. The summed E-state index contributed by atoms with van der Waals surface area (Å²) in [5, 5.41) is 4.22. The molecule has 3 heteroatoms. The molecule has 0 amide bonds. The Kier molecular flexibility index (Phi) is 2.63. The first kappa shape index (κ1) is 8.97. The molecule has 1 aromatic rings. The third-order valence-corrected chi connectivity index (χ3v) is 1.80. The molecule has 1 aromatic heterocycles. The van der Waals surface area contributed by atoms with E-state index in [0.717, 1.165) is 18.5 Å². The van der Waals surface area contributed by atoms with Crippen LogP contribution in [-0.4, -0.2) is 15.6 Å². The van der Waals surface area contributed by atoms with Gasteiger partial charge in [0.2, 0.25) is 0 Å². The topological polar surface area (TPSA) is 34.9 Å². The number of carbonyl (C=O) groups is 1. The second-order valence-electron chi connectivity index (χ2n) is 2.95. The van der Waals surface area contributed by atoms with Crippen LogP contribution in [-0.2, 0) is 13.5 Å². The second-order valence-corrected chi connectivity index (χ2v) is 2.95. The van der Waals surface area contributed by atoms with E-state index in [2.05, 4.69) is 12.0 Å². The number of hydrogen-bond donors (Lipinski definition) is 0. The predicted octanol–water partition coefficient (Wildman–Crippen LogP) is 1.58. The normalized spacial score (nSPS) is 10.2. The van der Waals surface area contributed by atoms with Gasteiger partial charge in [-0.3, -0.25) is 9.48 Å². The van der Waals surface area contributed by atoms with Gasteiger partial charge in [-0.15, -0.1) is 0 Å². The van der Waals surface area contributed by atoms with Gasteiger partial charge in [-0.1, -0.05) is 13.3 Å². The molecule has 0 saturated heterocycles. The maximum absolute atomic E-state index is 11.0. The average Bonchev–Trinajstić information content (AvgIpc) is 2.32. The van der Waals surface area contributed by atoms with Gasteiger partial charge in [0, 0.05) is 14.0 Å². The fourth-order valence-corrected chi connectivity index (χ4v) is 1.23. The summed E-state index contributed by atoms with van der Waals surface area (Å²) >= 11 is 0. The fourth-order valence-electron chi connectivity index (χ4n) is 1.23. The molecular formula is C9H14N2O. The molecule has 0 bridgehead atoms. The number of carbonyl (C=O) groups excluding carboxylic acids is 1. The van der Waals surface area contributed by atoms with Crippen LogP contribution in [0.2, 0.25) is 0 Å². The van der Waals surface area contributed by atoms with Crippen molar-refractivity contribution in [2.24, 2.45) is 7.05 Å². The van der Waals surface area contributed by atoms with Crippen LogP contribution in [0.3, 0.4) is 0 Å². The molecule has 66 valence electrons. The quantitative estimate of drug-likeness (QED) is 0.639. The zero-order chi connectivity index (χ0) is 9.14. The lowest BCUT2D eigenvalue weighted by Crippen LogP contribution is -2.02. The maximum atomic E-state index is 11.0. The highest BCUT2D eigenvalue weighted by Crippen LogP contribution is 2.05. The molecular weight excluding hydrogens is 152 g/mol. The van der Waals surface area contributed by atoms with E-state index in [4.69, 9.17) is 0 Å². The van der Waals surface area contributed by atoms with E-state index in [-0.39, 0.29) is 5.78 Å². The minimum absolute atomic E-state index is 0.0763. The molecule has 0 N–H and O–H groups in total. The van der Waals surface area contributed by atoms with Crippen molar-refractivity contribution in [3.63, 3.8) is 0 Å². The van der Waals surface area contributed by atoms with Gasteiger partial charge >= 0.3 is 0 Å². The lowest BCUT2D eigenvalue weighted by Gasteiger charge is -1.92. The largest absolute Gasteiger partial charge is 0.293 e. The number of aromatic nitrogens is 2. The fraction of sp³-hybridized carbons (Fsp3) is 0.556. The Morgan fingerprint density at radius 3 is 2.75 bits per heavy atom. The first-order valence-electron chi connectivity index (χ1n) is 4.19. The number of aryl methyl sites for hydroxylation is 2. The third-order valence-electron chi connectivity index (χ3n) is 1.80. The summed E-state index contributed by atoms with van der Waals surface area (Å²) in [6.07, 6.45) is 2.01. The van der Waals surface area contributed by atoms with Crippen LogP contribution in [0.15, 0.2) is 6.07 Å². The number of rotatable bonds is 3. The number of Topliss-reactive ketones (excluding diaryl/α,β-unsaturated/α-hetero) is 1. The van der Waals surface area contributed by atoms with Crippen molar-refractivity contribution in [1.29, 1.82) is 0 Å². The molecule has 3 nitrogen and oxygen atoms in total. The van der Waals surface area contributed by atoms with Crippen LogP contribution in [0.1, 0.15) is 36.5 Å². The summed E-state index contributed by atoms with van der Waals surface area (Å²) in [6, 6.07) is 1.87. The molecule has 0 aliphatic carbocycles. The van der Waals surface area contributed by atoms with Crippen LogP contribution >= 0.6 is 0 Å². The Labute approximate surface area is 72.4 Å². The van der Waals surface area contributed by atoms with Gasteiger partial charge in [-0.25, -0.2) is 0 Å². The van der Waals surface area contributed by atoms with Crippen molar-refractivity contribution in [3.8, 4) is 0 Å². The van der Waals surface area contributed by atoms with Crippen LogP contribution in [0.5, 0.6) is 0 Å². The third kappa shape index (κ3) is 1.72. The molecule has 0 aliphatic rings. The van der Waals surface area contributed by atoms with Gasteiger partial charge < -0.3 is 0 Å². The van der Waals surface area contributed by atoms with Gasteiger partial charge in [-0.05, 0) is 12.5 Å². The Morgan fingerprint density at radius 1 is 1.67 bits per heavy atom. The monoisotopic (exact) mass is 166 g/mol. The van der Waals surface area contributed by atoms with E-state index >= 15 is 0 Å². The van der Waals surface area contributed by atoms with Crippen molar-refractivity contribution in [3.05, 3.63) is 17.5 Å². The molecule has 0 fully saturated rings. The Morgan fingerprint density at radius 2 is 2.33 bits per heavy atom. The molecule has 0 atom stereocenters. The Bertz CT molecular complexity index is 289. The zero-order valence-corrected chi connectivity index (χ0v) is 7.79. The molecule has 0 spiro atoms. The zero-order valence-electron chi connectivity index (χ0n) is 7.79. The Hall–Kier alpha value is -1.12. The van der Waals surface area contributed by atoms with Crippen LogP contribution in [0, 0.1) is 0 Å². The summed E-state index contributed by atoms with van der Waals surface area (Å²) < 4.78 is 1.65. The lowest BCUT2D eigenvalue weighted by atomic mass is 10.2. The van der Waals surface area contributed by atoms with Gasteiger partial charge in [0.05, 0.1) is 5.69 Å². The molecule has 0 saturated carbocycles. The van der Waals surface area contributed by atoms with E-state index < -0.39 is 0 Å². The van der Waals surface area contributed by atoms with Crippen molar-refractivity contribution in [2.45, 2.75) is 26.7 Å². The van der Waals surface area contributed by atoms with Gasteiger partial charge in [0.25, 0.3) is 0 Å². The van der Waals surface area contributed by atoms with E-state index in [1.165, 1.54) is 0 Å². The molecule has 1 rings (SSSR count). The first-order chi connectivity index (χ1) is 5.65. The highest BCUT2D eigenvalue weighted by atomic mass is 16.1. The van der Waals surface area contributed by atoms with Crippen molar-refractivity contribution in [2.75, 3.05) is 0 Å². The van der Waals surface area contributed by atoms with E-state index in [1.54, 1.807) is 18.7 Å². The number of ketones is 1. The van der Waals surface area contributed by atoms with Crippen LogP contribution in [0.25, 0.3) is 0 Å². The molecule has 0 aromatic carbocycles. The van der Waals surface area contributed by atoms with Gasteiger partial charge in [0.15, 0.2) is 5.78 Å². The summed E-state index contributed by atoms with van der Waals surface area (Å²) in [4.78, 5) is 11.0. The summed E-state index contributed by atoms with van der Waals surface area (Å²) in [7, 11) is 1.80. The second kappa shape index (κ2) is 3.52. The molecule has 0 unspecified atom stereocenters. The smallest absolute Gasteiger partial charge is 0.177 e. The summed E-state index contributed by atoms with van der Waals surface area (Å²) in [5.74, 6) is 0.0763. The van der Waals surface area contributed by atoms with Gasteiger partial charge in [0.1, 0.15) is 5.69 Å². The highest BCUT2D eigenvalue weighted by Gasteiger charge is 2.07. The minimum atomic E-state index is 0.0763. The average molecular weight is 166 g/mol. The SMILES string of the molecule is CCCc1cc(C(C)=O)n(C)n1. The van der Waals surface area contributed by atoms with E-state index in [9.17, 15) is 4.79 Å². The molecule has 1 heterocycles. The van der Waals surface area contributed by atoms with Gasteiger partial charge in [-0.2, -0.15) is 5.10 Å². The lowest BCUT2D eigenvalue weighted by molar-refractivity contribution is 0.100. The predicted molar refractivity (Wildman–Crippen MR) is 47.2 cm³/mol. The summed E-state index contributed by atoms with van der Waals surface area (Å²) in [6.45, 7) is 3.66. The van der Waals surface area contributed by atoms with Crippen LogP contribution < -0.4 is 0 Å². The molecule has 0 aliphatic heterocycles. The summed E-state index contributed by atoms with van der Waals surface area (Å²) in [5.41, 5.74) is 1.70. The van der Waals surface area contributed by atoms with E-state index in [1.807, 2.05) is 6.07 Å². The van der Waals surface area contributed by atoms with Crippen molar-refractivity contribution < 1.29 is 4.79 Å². The first-order valence-corrected chi connectivity index (χ1v) is 4.19. The van der Waals surface area contributed by atoms with Crippen LogP contribution in [0.4, 0.5) is 0 Å². The van der Waals surface area contributed by atoms with Crippen molar-refractivity contribution in [1.82, 2.24) is 9.78 Å². The number of nitrogens with zero attached hydrogens (tertiary/aromatic N) is 2. The molecule has 0 radical (unpaired) electrons. The highest BCUT2D eigenvalue weighted by molar-refractivity contribution is 5.92. The van der Waals surface area contributed by atoms with E-state index in [0.29, 0.717) is 5.69 Å². The Balaban J connectivity index is 2.92. The maximum Gasteiger partial charge on any atom is 0.177 e. The van der Waals surface area contributed by atoms with Crippen molar-refractivity contribution >= 4 is 5.78 Å². The molecule has 12 heavy (non-hydrogen) atoms. The minimum Gasteiger partial charge on any atom is -0.293 e. The number of hydrogen-bond acceptors (Lipinski definition) is 2.